The molecule has 4 rings (SSSR count). The van der Waals surface area contributed by atoms with Crippen molar-refractivity contribution < 1.29 is 9.18 Å². The molecule has 128 valence electrons. The number of pyridine rings is 1. The molecule has 0 aliphatic heterocycles. The van der Waals surface area contributed by atoms with E-state index < -0.39 is 0 Å². The van der Waals surface area contributed by atoms with Gasteiger partial charge in [-0.15, -0.1) is 0 Å². The van der Waals surface area contributed by atoms with Crippen LogP contribution in [0.5, 0.6) is 0 Å². The third-order valence-corrected chi connectivity index (χ3v) is 4.00. The molecule has 0 aliphatic carbocycles. The fourth-order valence-electron chi connectivity index (χ4n) is 2.70. The van der Waals surface area contributed by atoms with E-state index in [0.29, 0.717) is 29.0 Å². The molecule has 0 aliphatic rings. The summed E-state index contributed by atoms with van der Waals surface area (Å²) in [6.45, 7) is 0.367. The molecule has 0 saturated carbocycles. The summed E-state index contributed by atoms with van der Waals surface area (Å²) in [6.07, 6.45) is 6.31. The summed E-state index contributed by atoms with van der Waals surface area (Å²) >= 11 is 0. The number of rotatable bonds is 4. The number of nitrogens with one attached hydrogen (secondary N) is 1. The molecule has 4 aromatic rings. The molecular weight excluding hydrogens is 333 g/mol. The molecule has 0 fully saturated rings. The number of amides is 1. The van der Waals surface area contributed by atoms with Crippen molar-refractivity contribution in [1.29, 1.82) is 0 Å². The van der Waals surface area contributed by atoms with Crippen molar-refractivity contribution in [2.45, 2.75) is 6.54 Å². The molecule has 0 unspecified atom stereocenters. The van der Waals surface area contributed by atoms with Gasteiger partial charge in [-0.25, -0.2) is 13.9 Å². The molecular formula is C19H14FN5O. The van der Waals surface area contributed by atoms with E-state index in [2.05, 4.69) is 20.4 Å². The van der Waals surface area contributed by atoms with Crippen LogP contribution in [0, 0.1) is 5.82 Å². The average Bonchev–Trinajstić information content (AvgIpc) is 3.12. The smallest absolute Gasteiger partial charge is 0.257 e. The summed E-state index contributed by atoms with van der Waals surface area (Å²) in [7, 11) is 0. The lowest BCUT2D eigenvalue weighted by atomic mass is 10.1. The Morgan fingerprint density at radius 3 is 2.69 bits per heavy atom. The minimum Gasteiger partial charge on any atom is -0.348 e. The Morgan fingerprint density at radius 2 is 1.88 bits per heavy atom. The van der Waals surface area contributed by atoms with Crippen molar-refractivity contribution >= 4 is 11.6 Å². The van der Waals surface area contributed by atoms with Crippen LogP contribution in [0.15, 0.2) is 67.3 Å². The zero-order valence-corrected chi connectivity index (χ0v) is 13.6. The number of hydrogen-bond donors (Lipinski definition) is 1. The van der Waals surface area contributed by atoms with Gasteiger partial charge in [0.1, 0.15) is 11.4 Å². The van der Waals surface area contributed by atoms with Gasteiger partial charge in [-0.3, -0.25) is 9.78 Å². The van der Waals surface area contributed by atoms with Gasteiger partial charge in [-0.1, -0.05) is 12.1 Å². The van der Waals surface area contributed by atoms with Crippen LogP contribution in [0.25, 0.3) is 16.9 Å². The van der Waals surface area contributed by atoms with Crippen LogP contribution < -0.4 is 5.32 Å². The van der Waals surface area contributed by atoms with Crippen LogP contribution in [-0.2, 0) is 6.54 Å². The van der Waals surface area contributed by atoms with E-state index in [1.807, 2.05) is 12.1 Å². The number of carbonyl (C=O) groups excluding carboxylic acids is 1. The van der Waals surface area contributed by atoms with Gasteiger partial charge in [0.2, 0.25) is 0 Å². The minimum absolute atomic E-state index is 0.296. The molecule has 1 aromatic carbocycles. The highest BCUT2D eigenvalue weighted by Crippen LogP contribution is 2.23. The van der Waals surface area contributed by atoms with Crippen LogP contribution in [0.2, 0.25) is 0 Å². The Morgan fingerprint density at radius 1 is 1.08 bits per heavy atom. The molecule has 0 spiro atoms. The molecule has 1 amide bonds. The Kier molecular flexibility index (Phi) is 4.10. The van der Waals surface area contributed by atoms with Crippen LogP contribution >= 0.6 is 0 Å². The van der Waals surface area contributed by atoms with Gasteiger partial charge in [0.25, 0.3) is 5.91 Å². The van der Waals surface area contributed by atoms with Crippen LogP contribution in [-0.4, -0.2) is 25.5 Å². The zero-order valence-electron chi connectivity index (χ0n) is 13.6. The number of halogens is 1. The van der Waals surface area contributed by atoms with E-state index in [1.54, 1.807) is 42.9 Å². The number of benzene rings is 1. The van der Waals surface area contributed by atoms with E-state index in [9.17, 15) is 9.18 Å². The number of carbonyl (C=O) groups is 1. The lowest BCUT2D eigenvalue weighted by Gasteiger charge is -2.06. The number of fused-ring (bicyclic) bond motifs is 1. The summed E-state index contributed by atoms with van der Waals surface area (Å²) in [5.74, 6) is -0.658. The standard InChI is InChI=1S/C19H14FN5O/c20-16-4-2-1-3-14(16)17-7-10-22-18-15(12-24-25(17)18)19(26)23-11-13-5-8-21-9-6-13/h1-10,12H,11H2,(H,23,26). The van der Waals surface area contributed by atoms with Crippen molar-refractivity contribution in [2.75, 3.05) is 0 Å². The molecule has 0 bridgehead atoms. The molecule has 0 radical (unpaired) electrons. The Balaban J connectivity index is 1.66. The van der Waals surface area contributed by atoms with Gasteiger partial charge in [-0.05, 0) is 35.9 Å². The summed E-state index contributed by atoms with van der Waals surface area (Å²) in [5, 5.41) is 7.06. The van der Waals surface area contributed by atoms with E-state index in [-0.39, 0.29) is 11.7 Å². The molecule has 26 heavy (non-hydrogen) atoms. The predicted molar refractivity (Wildman–Crippen MR) is 93.8 cm³/mol. The highest BCUT2D eigenvalue weighted by atomic mass is 19.1. The SMILES string of the molecule is O=C(NCc1ccncc1)c1cnn2c(-c3ccccc3F)ccnc12. The first-order valence-electron chi connectivity index (χ1n) is 7.99. The van der Waals surface area contributed by atoms with Crippen LogP contribution in [0.4, 0.5) is 4.39 Å². The second-order valence-corrected chi connectivity index (χ2v) is 5.64. The van der Waals surface area contributed by atoms with E-state index in [4.69, 9.17) is 0 Å². The second-order valence-electron chi connectivity index (χ2n) is 5.64. The fourth-order valence-corrected chi connectivity index (χ4v) is 2.70. The Hall–Kier alpha value is -3.61. The van der Waals surface area contributed by atoms with Gasteiger partial charge in [0.05, 0.1) is 11.9 Å². The minimum atomic E-state index is -0.362. The first kappa shape index (κ1) is 15.9. The van der Waals surface area contributed by atoms with Crippen molar-refractivity contribution in [3.8, 4) is 11.3 Å². The van der Waals surface area contributed by atoms with Gasteiger partial charge < -0.3 is 5.32 Å². The number of hydrogen-bond acceptors (Lipinski definition) is 4. The summed E-state index contributed by atoms with van der Waals surface area (Å²) in [5.41, 5.74) is 2.56. The third kappa shape index (κ3) is 2.90. The quantitative estimate of drug-likeness (QED) is 0.616. The molecule has 0 atom stereocenters. The Labute approximate surface area is 148 Å². The van der Waals surface area contributed by atoms with Crippen LogP contribution in [0.3, 0.4) is 0 Å². The lowest BCUT2D eigenvalue weighted by Crippen LogP contribution is -2.22. The second kappa shape index (κ2) is 6.72. The predicted octanol–water partition coefficient (Wildman–Crippen LogP) is 2.86. The number of aromatic nitrogens is 4. The Bertz CT molecular complexity index is 1080. The van der Waals surface area contributed by atoms with Crippen molar-refractivity contribution in [2.24, 2.45) is 0 Å². The maximum Gasteiger partial charge on any atom is 0.257 e. The molecule has 0 saturated heterocycles. The van der Waals surface area contributed by atoms with Crippen molar-refractivity contribution in [1.82, 2.24) is 24.9 Å². The topological polar surface area (TPSA) is 72.2 Å². The summed E-state index contributed by atoms with van der Waals surface area (Å²) in [6, 6.07) is 11.7. The van der Waals surface area contributed by atoms with E-state index >= 15 is 0 Å². The highest BCUT2D eigenvalue weighted by Gasteiger charge is 2.17. The average molecular weight is 347 g/mol. The number of nitrogens with zero attached hydrogens (tertiary/aromatic N) is 4. The molecule has 7 heteroatoms. The van der Waals surface area contributed by atoms with Gasteiger partial charge in [-0.2, -0.15) is 5.10 Å². The third-order valence-electron chi connectivity index (χ3n) is 4.00. The van der Waals surface area contributed by atoms with E-state index in [1.165, 1.54) is 16.8 Å². The molecule has 6 nitrogen and oxygen atoms in total. The first-order chi connectivity index (χ1) is 12.7. The van der Waals surface area contributed by atoms with Crippen molar-refractivity contribution in [3.05, 3.63) is 84.2 Å². The fraction of sp³-hybridized carbons (Fsp3) is 0.0526. The molecule has 3 heterocycles. The van der Waals surface area contributed by atoms with E-state index in [0.717, 1.165) is 5.56 Å². The lowest BCUT2D eigenvalue weighted by molar-refractivity contribution is 0.0952. The van der Waals surface area contributed by atoms with Gasteiger partial charge in [0.15, 0.2) is 5.65 Å². The monoisotopic (exact) mass is 347 g/mol. The zero-order chi connectivity index (χ0) is 17.9. The van der Waals surface area contributed by atoms with Gasteiger partial charge >= 0.3 is 0 Å². The summed E-state index contributed by atoms with van der Waals surface area (Å²) in [4.78, 5) is 20.7. The highest BCUT2D eigenvalue weighted by molar-refractivity contribution is 5.99. The molecule has 1 N–H and O–H groups in total. The maximum absolute atomic E-state index is 14.1. The largest absolute Gasteiger partial charge is 0.348 e. The van der Waals surface area contributed by atoms with Crippen molar-refractivity contribution in [3.63, 3.8) is 0 Å². The maximum atomic E-state index is 14.1. The molecule has 3 aromatic heterocycles. The normalized spacial score (nSPS) is 10.8. The first-order valence-corrected chi connectivity index (χ1v) is 7.99. The van der Waals surface area contributed by atoms with Gasteiger partial charge in [0, 0.05) is 30.7 Å². The van der Waals surface area contributed by atoms with Crippen LogP contribution in [0.1, 0.15) is 15.9 Å². The summed E-state index contributed by atoms with van der Waals surface area (Å²) < 4.78 is 15.6.